The average molecular weight is 602 g/mol. The van der Waals surface area contributed by atoms with E-state index in [1.807, 2.05) is 54.6 Å². The number of hydrogen-bond acceptors (Lipinski definition) is 4. The lowest BCUT2D eigenvalue weighted by molar-refractivity contribution is 0.620. The molecule has 0 spiro atoms. The number of benzene rings is 7. The summed E-state index contributed by atoms with van der Waals surface area (Å²) in [5.41, 5.74) is 9.59. The highest BCUT2D eigenvalue weighted by molar-refractivity contribution is 6.05. The van der Waals surface area contributed by atoms with Gasteiger partial charge in [-0.15, -0.1) is 0 Å². The molecule has 0 aliphatic carbocycles. The van der Waals surface area contributed by atoms with Gasteiger partial charge < -0.3 is 4.42 Å². The largest absolute Gasteiger partial charge is 0.436 e. The Labute approximate surface area is 271 Å². The zero-order valence-electron chi connectivity index (χ0n) is 25.3. The molecule has 0 saturated heterocycles. The van der Waals surface area contributed by atoms with Gasteiger partial charge in [0.05, 0.1) is 11.4 Å². The van der Waals surface area contributed by atoms with Crippen LogP contribution in [0.15, 0.2) is 168 Å². The summed E-state index contributed by atoms with van der Waals surface area (Å²) in [6.45, 7) is 0. The Morgan fingerprint density at radius 2 is 0.979 bits per heavy atom. The third-order valence-corrected chi connectivity index (χ3v) is 8.69. The Balaban J connectivity index is 1.16. The first-order valence-corrected chi connectivity index (χ1v) is 15.7. The minimum Gasteiger partial charge on any atom is -0.436 e. The maximum atomic E-state index is 6.18. The second kappa shape index (κ2) is 11.2. The van der Waals surface area contributed by atoms with Crippen LogP contribution in [0.2, 0.25) is 0 Å². The van der Waals surface area contributed by atoms with Crippen LogP contribution in [0.4, 0.5) is 0 Å². The standard InChI is InChI=1S/C43H27N3O/c1-3-11-30(12-4-1)38-27-39(35-21-18-28-10-7-8-15-32(28)24-35)45-42(44-38)36-17-9-16-33(25-36)34-20-19-29-22-23-40-41(37(29)26-34)46-43(47-40)31-13-5-2-6-14-31/h1-27H. The van der Waals surface area contributed by atoms with Gasteiger partial charge in [-0.3, -0.25) is 0 Å². The molecule has 0 unspecified atom stereocenters. The van der Waals surface area contributed by atoms with Crippen molar-refractivity contribution in [3.05, 3.63) is 164 Å². The molecule has 4 nitrogen and oxygen atoms in total. The molecule has 7 aromatic carbocycles. The van der Waals surface area contributed by atoms with Crippen LogP contribution in [0, 0.1) is 0 Å². The first-order chi connectivity index (χ1) is 23.2. The van der Waals surface area contributed by atoms with Crippen LogP contribution in [-0.2, 0) is 0 Å². The fraction of sp³-hybridized carbons (Fsp3) is 0. The van der Waals surface area contributed by atoms with Gasteiger partial charge in [0, 0.05) is 27.6 Å². The number of fused-ring (bicyclic) bond motifs is 4. The SMILES string of the molecule is c1ccc(-c2cc(-c3ccc4ccccc4c3)nc(-c3cccc(-c4ccc5ccc6oc(-c7ccccc7)nc6c5c4)c3)n2)cc1. The predicted octanol–water partition coefficient (Wildman–Crippen LogP) is 11.3. The molecule has 2 aromatic heterocycles. The van der Waals surface area contributed by atoms with Gasteiger partial charge in [0.15, 0.2) is 11.4 Å². The number of oxazole rings is 1. The monoisotopic (exact) mass is 601 g/mol. The van der Waals surface area contributed by atoms with Crippen LogP contribution in [-0.4, -0.2) is 15.0 Å². The van der Waals surface area contributed by atoms with Gasteiger partial charge in [0.25, 0.3) is 0 Å². The summed E-state index contributed by atoms with van der Waals surface area (Å²) < 4.78 is 6.18. The lowest BCUT2D eigenvalue weighted by Gasteiger charge is -2.11. The molecule has 0 saturated carbocycles. The molecule has 0 fully saturated rings. The quantitative estimate of drug-likeness (QED) is 0.197. The molecule has 220 valence electrons. The van der Waals surface area contributed by atoms with E-state index in [-0.39, 0.29) is 0 Å². The van der Waals surface area contributed by atoms with Crippen molar-refractivity contribution in [3.63, 3.8) is 0 Å². The summed E-state index contributed by atoms with van der Waals surface area (Å²) in [7, 11) is 0. The van der Waals surface area contributed by atoms with Crippen molar-refractivity contribution in [3.8, 4) is 56.5 Å². The van der Waals surface area contributed by atoms with Gasteiger partial charge >= 0.3 is 0 Å². The molecule has 0 aliphatic rings. The van der Waals surface area contributed by atoms with Crippen molar-refractivity contribution in [2.45, 2.75) is 0 Å². The second-order valence-corrected chi connectivity index (χ2v) is 11.7. The minimum atomic E-state index is 0.623. The molecule has 0 amide bonds. The normalized spacial score (nSPS) is 11.4. The van der Waals surface area contributed by atoms with Gasteiger partial charge in [-0.25, -0.2) is 15.0 Å². The third kappa shape index (κ3) is 5.02. The van der Waals surface area contributed by atoms with E-state index in [0.29, 0.717) is 11.7 Å². The Hall–Kier alpha value is -6.39. The van der Waals surface area contributed by atoms with Gasteiger partial charge in [0.2, 0.25) is 5.89 Å². The van der Waals surface area contributed by atoms with Crippen molar-refractivity contribution < 1.29 is 4.42 Å². The van der Waals surface area contributed by atoms with Crippen LogP contribution in [0.5, 0.6) is 0 Å². The molecular weight excluding hydrogens is 574 g/mol. The Bertz CT molecular complexity index is 2570. The van der Waals surface area contributed by atoms with E-state index in [1.54, 1.807) is 0 Å². The summed E-state index contributed by atoms with van der Waals surface area (Å²) in [5.74, 6) is 1.31. The van der Waals surface area contributed by atoms with Gasteiger partial charge in [-0.2, -0.15) is 0 Å². The summed E-state index contributed by atoms with van der Waals surface area (Å²) >= 11 is 0. The fourth-order valence-corrected chi connectivity index (χ4v) is 6.26. The van der Waals surface area contributed by atoms with Crippen molar-refractivity contribution >= 4 is 32.6 Å². The van der Waals surface area contributed by atoms with E-state index in [1.165, 1.54) is 10.8 Å². The summed E-state index contributed by atoms with van der Waals surface area (Å²) in [6, 6.07) is 56.4. The van der Waals surface area contributed by atoms with Crippen molar-refractivity contribution in [2.24, 2.45) is 0 Å². The molecule has 0 N–H and O–H groups in total. The summed E-state index contributed by atoms with van der Waals surface area (Å²) in [5, 5.41) is 4.56. The molecule has 47 heavy (non-hydrogen) atoms. The van der Waals surface area contributed by atoms with Gasteiger partial charge in [0.1, 0.15) is 5.52 Å². The van der Waals surface area contributed by atoms with E-state index in [0.717, 1.165) is 66.6 Å². The molecular formula is C43H27N3O. The van der Waals surface area contributed by atoms with Crippen molar-refractivity contribution in [1.29, 1.82) is 0 Å². The van der Waals surface area contributed by atoms with E-state index >= 15 is 0 Å². The number of rotatable bonds is 5. The Morgan fingerprint density at radius 1 is 0.362 bits per heavy atom. The topological polar surface area (TPSA) is 51.8 Å². The van der Waals surface area contributed by atoms with E-state index in [2.05, 4.69) is 109 Å². The molecule has 0 radical (unpaired) electrons. The average Bonchev–Trinajstić information content (AvgIpc) is 3.60. The van der Waals surface area contributed by atoms with Crippen molar-refractivity contribution in [1.82, 2.24) is 15.0 Å². The minimum absolute atomic E-state index is 0.623. The summed E-state index contributed by atoms with van der Waals surface area (Å²) in [4.78, 5) is 15.1. The van der Waals surface area contributed by atoms with E-state index in [9.17, 15) is 0 Å². The highest BCUT2D eigenvalue weighted by Gasteiger charge is 2.14. The molecule has 4 heteroatoms. The van der Waals surface area contributed by atoms with Crippen LogP contribution in [0.3, 0.4) is 0 Å². The molecule has 9 rings (SSSR count). The lowest BCUT2D eigenvalue weighted by atomic mass is 9.98. The van der Waals surface area contributed by atoms with Gasteiger partial charge in [-0.1, -0.05) is 121 Å². The highest BCUT2D eigenvalue weighted by Crippen LogP contribution is 2.35. The number of nitrogens with zero attached hydrogens (tertiary/aromatic N) is 3. The first-order valence-electron chi connectivity index (χ1n) is 15.7. The molecule has 0 aliphatic heterocycles. The van der Waals surface area contributed by atoms with E-state index in [4.69, 9.17) is 19.4 Å². The zero-order chi connectivity index (χ0) is 31.2. The second-order valence-electron chi connectivity index (χ2n) is 11.7. The molecule has 2 heterocycles. The van der Waals surface area contributed by atoms with Gasteiger partial charge in [-0.05, 0) is 69.8 Å². The predicted molar refractivity (Wildman–Crippen MR) is 192 cm³/mol. The lowest BCUT2D eigenvalue weighted by Crippen LogP contribution is -1.96. The Morgan fingerprint density at radius 3 is 1.81 bits per heavy atom. The van der Waals surface area contributed by atoms with Crippen LogP contribution < -0.4 is 0 Å². The van der Waals surface area contributed by atoms with Crippen LogP contribution in [0.1, 0.15) is 0 Å². The first kappa shape index (κ1) is 27.0. The highest BCUT2D eigenvalue weighted by atomic mass is 16.3. The maximum absolute atomic E-state index is 6.18. The molecule has 0 atom stereocenters. The van der Waals surface area contributed by atoms with Crippen LogP contribution >= 0.6 is 0 Å². The van der Waals surface area contributed by atoms with E-state index < -0.39 is 0 Å². The molecule has 0 bridgehead atoms. The number of aromatic nitrogens is 3. The number of hydrogen-bond donors (Lipinski definition) is 0. The Kier molecular flexibility index (Phi) is 6.43. The van der Waals surface area contributed by atoms with Crippen molar-refractivity contribution in [2.75, 3.05) is 0 Å². The third-order valence-electron chi connectivity index (χ3n) is 8.69. The smallest absolute Gasteiger partial charge is 0.227 e. The fourth-order valence-electron chi connectivity index (χ4n) is 6.26. The molecule has 9 aromatic rings. The maximum Gasteiger partial charge on any atom is 0.227 e. The zero-order valence-corrected chi connectivity index (χ0v) is 25.3. The summed E-state index contributed by atoms with van der Waals surface area (Å²) in [6.07, 6.45) is 0. The van der Waals surface area contributed by atoms with Crippen LogP contribution in [0.25, 0.3) is 89.1 Å².